The minimum absolute atomic E-state index is 0.231. The molecule has 0 amide bonds. The van der Waals surface area contributed by atoms with Gasteiger partial charge in [-0.25, -0.2) is 0 Å². The van der Waals surface area contributed by atoms with Gasteiger partial charge in [-0.1, -0.05) is 12.1 Å². The molecule has 0 saturated carbocycles. The van der Waals surface area contributed by atoms with E-state index in [-0.39, 0.29) is 12.0 Å². The van der Waals surface area contributed by atoms with Gasteiger partial charge in [0.25, 0.3) is 10.1 Å². The SMILES string of the molecule is CCc1noc(N2CCC([C@@H](C)OS(C)(=O)=O)CC2)n1. The number of aromatic nitrogens is 2. The first-order valence-corrected chi connectivity index (χ1v) is 8.66. The third-order valence-corrected chi connectivity index (χ3v) is 4.23. The maximum Gasteiger partial charge on any atom is 0.324 e. The van der Waals surface area contributed by atoms with Crippen LogP contribution in [-0.2, 0) is 20.7 Å². The van der Waals surface area contributed by atoms with Gasteiger partial charge in [-0.3, -0.25) is 4.18 Å². The smallest absolute Gasteiger partial charge is 0.324 e. The van der Waals surface area contributed by atoms with Crippen molar-refractivity contribution in [1.82, 2.24) is 10.1 Å². The predicted octanol–water partition coefficient (Wildman–Crippen LogP) is 1.21. The Labute approximate surface area is 119 Å². The standard InChI is InChI=1S/C12H21N3O4S/c1-4-11-13-12(18-14-11)15-7-5-10(6-8-15)9(2)19-20(3,16)17/h9-10H,4-8H2,1-3H3/t9-/m1/s1. The Morgan fingerprint density at radius 1 is 1.45 bits per heavy atom. The normalized spacial score (nSPS) is 19.2. The van der Waals surface area contributed by atoms with Crippen LogP contribution in [0.2, 0.25) is 0 Å². The van der Waals surface area contributed by atoms with Crippen LogP contribution in [0.1, 0.15) is 32.5 Å². The van der Waals surface area contributed by atoms with E-state index in [0.717, 1.165) is 38.6 Å². The van der Waals surface area contributed by atoms with E-state index in [9.17, 15) is 8.42 Å². The largest absolute Gasteiger partial charge is 0.324 e. The summed E-state index contributed by atoms with van der Waals surface area (Å²) in [7, 11) is -3.39. The summed E-state index contributed by atoms with van der Waals surface area (Å²) in [6.45, 7) is 5.33. The molecule has 0 aromatic carbocycles. The Morgan fingerprint density at radius 2 is 2.10 bits per heavy atom. The maximum absolute atomic E-state index is 11.1. The first kappa shape index (κ1) is 15.2. The van der Waals surface area contributed by atoms with E-state index in [0.29, 0.717) is 11.8 Å². The molecule has 7 nitrogen and oxygen atoms in total. The van der Waals surface area contributed by atoms with Gasteiger partial charge in [0.05, 0.1) is 12.4 Å². The molecule has 1 atom stereocenters. The van der Waals surface area contributed by atoms with E-state index in [1.54, 1.807) is 0 Å². The Kier molecular flexibility index (Phi) is 4.64. The first-order chi connectivity index (χ1) is 9.39. The first-order valence-electron chi connectivity index (χ1n) is 6.85. The highest BCUT2D eigenvalue weighted by Gasteiger charge is 2.28. The summed E-state index contributed by atoms with van der Waals surface area (Å²) in [5.41, 5.74) is 0. The number of hydrogen-bond donors (Lipinski definition) is 0. The van der Waals surface area contributed by atoms with Gasteiger partial charge in [0.2, 0.25) is 0 Å². The molecule has 1 aromatic heterocycles. The molecule has 0 bridgehead atoms. The van der Waals surface area contributed by atoms with Crippen LogP contribution < -0.4 is 4.90 Å². The van der Waals surface area contributed by atoms with Crippen LogP contribution in [0.4, 0.5) is 6.01 Å². The third-order valence-electron chi connectivity index (χ3n) is 3.57. The van der Waals surface area contributed by atoms with Crippen LogP contribution >= 0.6 is 0 Å². The van der Waals surface area contributed by atoms with E-state index in [2.05, 4.69) is 10.1 Å². The molecule has 2 rings (SSSR count). The predicted molar refractivity (Wildman–Crippen MR) is 74.0 cm³/mol. The van der Waals surface area contributed by atoms with E-state index in [1.165, 1.54) is 0 Å². The van der Waals surface area contributed by atoms with Crippen LogP contribution in [0, 0.1) is 5.92 Å². The summed E-state index contributed by atoms with van der Waals surface area (Å²) in [4.78, 5) is 6.34. The fourth-order valence-corrected chi connectivity index (χ4v) is 3.14. The molecule has 0 radical (unpaired) electrons. The summed E-state index contributed by atoms with van der Waals surface area (Å²) in [6, 6.07) is 0.553. The molecule has 114 valence electrons. The number of rotatable bonds is 5. The Bertz CT molecular complexity index is 535. The van der Waals surface area contributed by atoms with Crippen LogP contribution in [0.25, 0.3) is 0 Å². The molecule has 1 aromatic rings. The van der Waals surface area contributed by atoms with Crippen molar-refractivity contribution in [2.24, 2.45) is 5.92 Å². The topological polar surface area (TPSA) is 85.5 Å². The molecule has 0 aliphatic carbocycles. The Balaban J connectivity index is 1.89. The number of aryl methyl sites for hydroxylation is 1. The molecule has 0 N–H and O–H groups in total. The van der Waals surface area contributed by atoms with Crippen molar-refractivity contribution in [3.8, 4) is 0 Å². The Morgan fingerprint density at radius 3 is 2.60 bits per heavy atom. The molecule has 2 heterocycles. The minimum atomic E-state index is -3.39. The summed E-state index contributed by atoms with van der Waals surface area (Å²) < 4.78 is 32.5. The molecule has 20 heavy (non-hydrogen) atoms. The van der Waals surface area contributed by atoms with Crippen molar-refractivity contribution in [1.29, 1.82) is 0 Å². The van der Waals surface area contributed by atoms with Crippen LogP contribution in [-0.4, -0.2) is 44.0 Å². The maximum atomic E-state index is 11.1. The monoisotopic (exact) mass is 303 g/mol. The van der Waals surface area contributed by atoms with Crippen molar-refractivity contribution >= 4 is 16.1 Å². The molecule has 1 aliphatic heterocycles. The zero-order valence-electron chi connectivity index (χ0n) is 12.1. The van der Waals surface area contributed by atoms with Gasteiger partial charge < -0.3 is 9.42 Å². The van der Waals surface area contributed by atoms with E-state index < -0.39 is 10.1 Å². The molecular formula is C12H21N3O4S. The molecule has 1 fully saturated rings. The second-order valence-electron chi connectivity index (χ2n) is 5.18. The average molecular weight is 303 g/mol. The zero-order chi connectivity index (χ0) is 14.8. The van der Waals surface area contributed by atoms with Gasteiger partial charge in [0, 0.05) is 19.5 Å². The van der Waals surface area contributed by atoms with Crippen molar-refractivity contribution in [3.63, 3.8) is 0 Å². The zero-order valence-corrected chi connectivity index (χ0v) is 12.9. The second kappa shape index (κ2) is 6.09. The lowest BCUT2D eigenvalue weighted by molar-refractivity contribution is 0.140. The highest BCUT2D eigenvalue weighted by molar-refractivity contribution is 7.86. The highest BCUT2D eigenvalue weighted by Crippen LogP contribution is 2.26. The summed E-state index contributed by atoms with van der Waals surface area (Å²) in [6.07, 6.45) is 3.24. The van der Waals surface area contributed by atoms with Gasteiger partial charge in [0.1, 0.15) is 0 Å². The van der Waals surface area contributed by atoms with Gasteiger partial charge >= 0.3 is 6.01 Å². The quantitative estimate of drug-likeness (QED) is 0.756. The second-order valence-corrected chi connectivity index (χ2v) is 6.78. The molecule has 1 saturated heterocycles. The minimum Gasteiger partial charge on any atom is -0.324 e. The number of hydrogen-bond acceptors (Lipinski definition) is 7. The van der Waals surface area contributed by atoms with Crippen LogP contribution in [0.15, 0.2) is 4.52 Å². The van der Waals surface area contributed by atoms with Crippen molar-refractivity contribution in [3.05, 3.63) is 5.82 Å². The van der Waals surface area contributed by atoms with Gasteiger partial charge in [-0.15, -0.1) is 0 Å². The molecule has 1 aliphatic rings. The van der Waals surface area contributed by atoms with Crippen molar-refractivity contribution in [2.75, 3.05) is 24.2 Å². The van der Waals surface area contributed by atoms with Crippen molar-refractivity contribution in [2.45, 2.75) is 39.2 Å². The van der Waals surface area contributed by atoms with Gasteiger partial charge in [-0.2, -0.15) is 13.4 Å². The number of anilines is 1. The molecular weight excluding hydrogens is 282 g/mol. The van der Waals surface area contributed by atoms with Crippen molar-refractivity contribution < 1.29 is 17.1 Å². The fourth-order valence-electron chi connectivity index (χ4n) is 2.43. The van der Waals surface area contributed by atoms with E-state index in [4.69, 9.17) is 8.71 Å². The van der Waals surface area contributed by atoms with Crippen LogP contribution in [0.3, 0.4) is 0 Å². The average Bonchev–Trinajstić information content (AvgIpc) is 2.85. The Hall–Kier alpha value is -1.15. The molecule has 8 heteroatoms. The lowest BCUT2D eigenvalue weighted by Gasteiger charge is -2.33. The fraction of sp³-hybridized carbons (Fsp3) is 0.833. The van der Waals surface area contributed by atoms with E-state index in [1.807, 2.05) is 18.7 Å². The van der Waals surface area contributed by atoms with Gasteiger partial charge in [-0.05, 0) is 25.7 Å². The number of nitrogens with zero attached hydrogens (tertiary/aromatic N) is 3. The summed E-state index contributed by atoms with van der Waals surface area (Å²) in [5, 5.41) is 3.88. The lowest BCUT2D eigenvalue weighted by Crippen LogP contribution is -2.38. The third kappa shape index (κ3) is 3.92. The molecule has 0 unspecified atom stereocenters. The van der Waals surface area contributed by atoms with Crippen LogP contribution in [0.5, 0.6) is 0 Å². The van der Waals surface area contributed by atoms with E-state index >= 15 is 0 Å². The molecule has 0 spiro atoms. The summed E-state index contributed by atoms with van der Waals surface area (Å²) >= 11 is 0. The summed E-state index contributed by atoms with van der Waals surface area (Å²) in [5.74, 6) is 0.936. The highest BCUT2D eigenvalue weighted by atomic mass is 32.2. The number of piperidine rings is 1. The van der Waals surface area contributed by atoms with Gasteiger partial charge in [0.15, 0.2) is 5.82 Å². The lowest BCUT2D eigenvalue weighted by atomic mass is 9.92.